The molecule has 0 amide bonds. The van der Waals surface area contributed by atoms with Crippen molar-refractivity contribution in [3.05, 3.63) is 0 Å². The highest BCUT2D eigenvalue weighted by atomic mass is 16.3. The first-order chi connectivity index (χ1) is 5.58. The average Bonchev–Trinajstić information content (AvgIpc) is 2.41. The fourth-order valence-electron chi connectivity index (χ4n) is 3.70. The van der Waals surface area contributed by atoms with Gasteiger partial charge in [-0.25, -0.2) is 0 Å². The second kappa shape index (κ2) is 2.47. The van der Waals surface area contributed by atoms with Crippen molar-refractivity contribution in [2.75, 3.05) is 6.61 Å². The fourth-order valence-corrected chi connectivity index (χ4v) is 3.70. The van der Waals surface area contributed by atoms with Crippen molar-refractivity contribution in [1.29, 1.82) is 0 Å². The second-order valence-electron chi connectivity index (χ2n) is 5.58. The SMILES string of the molecule is CC1(C)CC2(CCO)CCC1C2. The van der Waals surface area contributed by atoms with Crippen molar-refractivity contribution in [3.63, 3.8) is 0 Å². The zero-order valence-corrected chi connectivity index (χ0v) is 8.27. The van der Waals surface area contributed by atoms with Gasteiger partial charge < -0.3 is 5.11 Å². The molecule has 0 heterocycles. The van der Waals surface area contributed by atoms with E-state index in [1.54, 1.807) is 0 Å². The number of rotatable bonds is 2. The van der Waals surface area contributed by atoms with Crippen LogP contribution in [0, 0.1) is 16.7 Å². The number of hydrogen-bond donors (Lipinski definition) is 1. The molecule has 0 spiro atoms. The van der Waals surface area contributed by atoms with E-state index >= 15 is 0 Å². The molecule has 1 heteroatoms. The Balaban J connectivity index is 2.12. The summed E-state index contributed by atoms with van der Waals surface area (Å²) in [7, 11) is 0. The van der Waals surface area contributed by atoms with Crippen LogP contribution < -0.4 is 0 Å². The van der Waals surface area contributed by atoms with E-state index < -0.39 is 0 Å². The van der Waals surface area contributed by atoms with Gasteiger partial charge in [0, 0.05) is 6.61 Å². The Hall–Kier alpha value is -0.0400. The number of fused-ring (bicyclic) bond motifs is 2. The monoisotopic (exact) mass is 168 g/mol. The van der Waals surface area contributed by atoms with E-state index in [-0.39, 0.29) is 0 Å². The first-order valence-electron chi connectivity index (χ1n) is 5.19. The van der Waals surface area contributed by atoms with Gasteiger partial charge in [-0.2, -0.15) is 0 Å². The third kappa shape index (κ3) is 1.10. The molecule has 2 rings (SSSR count). The molecule has 0 aliphatic heterocycles. The van der Waals surface area contributed by atoms with E-state index in [0.717, 1.165) is 12.3 Å². The smallest absolute Gasteiger partial charge is 0.0436 e. The molecule has 2 unspecified atom stereocenters. The van der Waals surface area contributed by atoms with Gasteiger partial charge in [-0.3, -0.25) is 0 Å². The molecular formula is C11H20O. The zero-order valence-electron chi connectivity index (χ0n) is 8.27. The number of aliphatic hydroxyl groups is 1. The van der Waals surface area contributed by atoms with E-state index in [0.29, 0.717) is 17.4 Å². The van der Waals surface area contributed by atoms with Crippen LogP contribution in [-0.2, 0) is 0 Å². The Bertz CT molecular complexity index is 185. The lowest BCUT2D eigenvalue weighted by atomic mass is 9.71. The zero-order chi connectivity index (χ0) is 8.82. The van der Waals surface area contributed by atoms with Crippen LogP contribution in [0.3, 0.4) is 0 Å². The Morgan fingerprint density at radius 3 is 2.58 bits per heavy atom. The minimum absolute atomic E-state index is 0.392. The topological polar surface area (TPSA) is 20.2 Å². The van der Waals surface area contributed by atoms with Gasteiger partial charge in [-0.1, -0.05) is 13.8 Å². The molecule has 70 valence electrons. The van der Waals surface area contributed by atoms with Gasteiger partial charge >= 0.3 is 0 Å². The van der Waals surface area contributed by atoms with Crippen LogP contribution in [0.2, 0.25) is 0 Å². The molecule has 0 radical (unpaired) electrons. The van der Waals surface area contributed by atoms with Crippen LogP contribution in [0.1, 0.15) is 46.0 Å². The number of hydrogen-bond acceptors (Lipinski definition) is 1. The molecule has 12 heavy (non-hydrogen) atoms. The van der Waals surface area contributed by atoms with Crippen molar-refractivity contribution in [3.8, 4) is 0 Å². The summed E-state index contributed by atoms with van der Waals surface area (Å²) >= 11 is 0. The van der Waals surface area contributed by atoms with Gasteiger partial charge in [0.05, 0.1) is 0 Å². The van der Waals surface area contributed by atoms with Crippen molar-refractivity contribution < 1.29 is 5.11 Å². The van der Waals surface area contributed by atoms with Gasteiger partial charge in [-0.15, -0.1) is 0 Å². The van der Waals surface area contributed by atoms with Crippen molar-refractivity contribution in [2.45, 2.75) is 46.0 Å². The molecule has 0 aromatic carbocycles. The Morgan fingerprint density at radius 2 is 2.17 bits per heavy atom. The van der Waals surface area contributed by atoms with E-state index in [9.17, 15) is 0 Å². The van der Waals surface area contributed by atoms with Crippen molar-refractivity contribution in [2.24, 2.45) is 16.7 Å². The quantitative estimate of drug-likeness (QED) is 0.672. The van der Waals surface area contributed by atoms with Gasteiger partial charge in [0.2, 0.25) is 0 Å². The van der Waals surface area contributed by atoms with Gasteiger partial charge in [0.15, 0.2) is 0 Å². The largest absolute Gasteiger partial charge is 0.396 e. The van der Waals surface area contributed by atoms with Crippen LogP contribution in [0.15, 0.2) is 0 Å². The van der Waals surface area contributed by atoms with Crippen LogP contribution in [0.4, 0.5) is 0 Å². The molecule has 2 aliphatic rings. The first-order valence-corrected chi connectivity index (χ1v) is 5.19. The predicted molar refractivity (Wildman–Crippen MR) is 49.9 cm³/mol. The molecule has 2 bridgehead atoms. The lowest BCUT2D eigenvalue weighted by Crippen LogP contribution is -2.24. The highest BCUT2D eigenvalue weighted by Crippen LogP contribution is 2.63. The minimum Gasteiger partial charge on any atom is -0.396 e. The highest BCUT2D eigenvalue weighted by molar-refractivity contribution is 5.03. The molecule has 2 fully saturated rings. The minimum atomic E-state index is 0.392. The second-order valence-corrected chi connectivity index (χ2v) is 5.58. The summed E-state index contributed by atoms with van der Waals surface area (Å²) in [5, 5.41) is 9.01. The summed E-state index contributed by atoms with van der Waals surface area (Å²) in [6.07, 6.45) is 6.58. The normalized spacial score (nSPS) is 43.8. The van der Waals surface area contributed by atoms with Crippen LogP contribution >= 0.6 is 0 Å². The number of aliphatic hydroxyl groups excluding tert-OH is 1. The molecule has 1 nitrogen and oxygen atoms in total. The maximum atomic E-state index is 9.01. The van der Waals surface area contributed by atoms with E-state index in [4.69, 9.17) is 5.11 Å². The Kier molecular flexibility index (Phi) is 1.76. The molecule has 2 aliphatic carbocycles. The van der Waals surface area contributed by atoms with Gasteiger partial charge in [-0.05, 0) is 48.9 Å². The fraction of sp³-hybridized carbons (Fsp3) is 1.00. The molecule has 2 saturated carbocycles. The summed E-state index contributed by atoms with van der Waals surface area (Å²) in [5.74, 6) is 0.948. The van der Waals surface area contributed by atoms with E-state index in [1.807, 2.05) is 0 Å². The highest BCUT2D eigenvalue weighted by Gasteiger charge is 2.53. The first kappa shape index (κ1) is 8.55. The predicted octanol–water partition coefficient (Wildman–Crippen LogP) is 2.59. The van der Waals surface area contributed by atoms with Gasteiger partial charge in [0.25, 0.3) is 0 Å². The molecular weight excluding hydrogens is 148 g/mol. The third-order valence-electron chi connectivity index (χ3n) is 4.28. The van der Waals surface area contributed by atoms with Crippen molar-refractivity contribution in [1.82, 2.24) is 0 Å². The summed E-state index contributed by atoms with van der Waals surface area (Å²) < 4.78 is 0. The summed E-state index contributed by atoms with van der Waals surface area (Å²) in [4.78, 5) is 0. The van der Waals surface area contributed by atoms with Crippen LogP contribution in [0.25, 0.3) is 0 Å². The molecule has 2 atom stereocenters. The maximum absolute atomic E-state index is 9.01. The van der Waals surface area contributed by atoms with E-state index in [1.165, 1.54) is 25.7 Å². The van der Waals surface area contributed by atoms with Gasteiger partial charge in [0.1, 0.15) is 0 Å². The van der Waals surface area contributed by atoms with E-state index in [2.05, 4.69) is 13.8 Å². The lowest BCUT2D eigenvalue weighted by Gasteiger charge is -2.34. The summed E-state index contributed by atoms with van der Waals surface area (Å²) in [6.45, 7) is 5.19. The van der Waals surface area contributed by atoms with Crippen molar-refractivity contribution >= 4 is 0 Å². The Labute approximate surface area is 75.2 Å². The molecule has 0 aromatic heterocycles. The molecule has 1 N–H and O–H groups in total. The average molecular weight is 168 g/mol. The van der Waals surface area contributed by atoms with Crippen LogP contribution in [0.5, 0.6) is 0 Å². The maximum Gasteiger partial charge on any atom is 0.0436 e. The molecule has 0 saturated heterocycles. The third-order valence-corrected chi connectivity index (χ3v) is 4.28. The summed E-state index contributed by atoms with van der Waals surface area (Å²) in [5.41, 5.74) is 1.11. The lowest BCUT2D eigenvalue weighted by molar-refractivity contribution is 0.136. The summed E-state index contributed by atoms with van der Waals surface area (Å²) in [6, 6.07) is 0. The standard InChI is InChI=1S/C11H20O/c1-10(2)8-11(5-6-12)4-3-9(10)7-11/h9,12H,3-8H2,1-2H3. The Morgan fingerprint density at radius 1 is 1.42 bits per heavy atom. The molecule has 0 aromatic rings. The van der Waals surface area contributed by atoms with Crippen LogP contribution in [-0.4, -0.2) is 11.7 Å².